The normalized spacial score (nSPS) is 11.0. The molecule has 4 aromatic rings. The van der Waals surface area contributed by atoms with Gasteiger partial charge in [-0.3, -0.25) is 0 Å². The molecule has 0 fully saturated rings. The van der Waals surface area contributed by atoms with Crippen LogP contribution in [0, 0.1) is 0 Å². The molecule has 1 N–H and O–H groups in total. The van der Waals surface area contributed by atoms with E-state index >= 15 is 0 Å². The second kappa shape index (κ2) is 5.23. The third-order valence-electron chi connectivity index (χ3n) is 3.38. The van der Waals surface area contributed by atoms with Crippen LogP contribution in [0.25, 0.3) is 33.9 Å². The van der Waals surface area contributed by atoms with E-state index in [4.69, 9.17) is 9.52 Å². The Bertz CT molecular complexity index is 1070. The number of carboxylic acids is 1. The summed E-state index contributed by atoms with van der Waals surface area (Å²) in [6, 6.07) is 8.42. The van der Waals surface area contributed by atoms with Crippen molar-refractivity contribution < 1.29 is 14.3 Å². The van der Waals surface area contributed by atoms with Crippen LogP contribution in [0.4, 0.5) is 0 Å². The maximum Gasteiger partial charge on any atom is 0.354 e. The van der Waals surface area contributed by atoms with E-state index in [1.54, 1.807) is 25.2 Å². The van der Waals surface area contributed by atoms with Gasteiger partial charge in [-0.25, -0.2) is 14.8 Å². The van der Waals surface area contributed by atoms with E-state index in [1.165, 1.54) is 17.1 Å². The molecule has 0 bridgehead atoms. The van der Waals surface area contributed by atoms with Gasteiger partial charge in [-0.15, -0.1) is 10.2 Å². The lowest BCUT2D eigenvalue weighted by molar-refractivity contribution is 0.0690. The van der Waals surface area contributed by atoms with Crippen LogP contribution >= 0.6 is 0 Å². The molecule has 0 radical (unpaired) electrons. The van der Waals surface area contributed by atoms with Crippen LogP contribution in [0.1, 0.15) is 10.5 Å². The van der Waals surface area contributed by atoms with Crippen LogP contribution in [0.2, 0.25) is 0 Å². The van der Waals surface area contributed by atoms with E-state index in [0.29, 0.717) is 28.4 Å². The molecule has 0 spiro atoms. The van der Waals surface area contributed by atoms with Crippen molar-refractivity contribution in [2.45, 2.75) is 0 Å². The number of hydrogen-bond acceptors (Lipinski definition) is 7. The standard InChI is InChI=1S/C15H10N6O3/c1-21-19-13(18-20-21)8-2-3-12-10(6-8)17-14(24-12)9-4-5-16-11(7-9)15(22)23/h2-7H,1H3,(H,22,23). The average Bonchev–Trinajstić information content (AvgIpc) is 3.20. The van der Waals surface area contributed by atoms with Crippen LogP contribution in [-0.2, 0) is 7.05 Å². The summed E-state index contributed by atoms with van der Waals surface area (Å²) in [4.78, 5) is 20.6. The number of aromatic carboxylic acids is 1. The molecule has 0 aliphatic rings. The monoisotopic (exact) mass is 322 g/mol. The molecule has 0 aliphatic heterocycles. The minimum absolute atomic E-state index is 0.0702. The van der Waals surface area contributed by atoms with Crippen LogP contribution < -0.4 is 0 Å². The van der Waals surface area contributed by atoms with Crippen LogP contribution in [0.5, 0.6) is 0 Å². The Morgan fingerprint density at radius 2 is 2.08 bits per heavy atom. The third-order valence-corrected chi connectivity index (χ3v) is 3.38. The van der Waals surface area contributed by atoms with Gasteiger partial charge in [0, 0.05) is 17.3 Å². The molecule has 24 heavy (non-hydrogen) atoms. The SMILES string of the molecule is Cn1nnc(-c2ccc3oc(-c4ccnc(C(=O)O)c4)nc3c2)n1. The Balaban J connectivity index is 1.78. The Morgan fingerprint density at radius 1 is 1.21 bits per heavy atom. The molecule has 0 atom stereocenters. The Hall–Kier alpha value is -3.62. The van der Waals surface area contributed by atoms with Gasteiger partial charge < -0.3 is 9.52 Å². The number of carboxylic acid groups (broad SMARTS) is 1. The lowest BCUT2D eigenvalue weighted by Crippen LogP contribution is -1.99. The number of tetrazole rings is 1. The van der Waals surface area contributed by atoms with Crippen LogP contribution in [-0.4, -0.2) is 41.3 Å². The van der Waals surface area contributed by atoms with E-state index in [1.807, 2.05) is 6.07 Å². The van der Waals surface area contributed by atoms with Crippen molar-refractivity contribution in [2.75, 3.05) is 0 Å². The van der Waals surface area contributed by atoms with Crippen LogP contribution in [0.15, 0.2) is 40.9 Å². The summed E-state index contributed by atoms with van der Waals surface area (Å²) in [7, 11) is 1.69. The van der Waals surface area contributed by atoms with E-state index < -0.39 is 5.97 Å². The topological polar surface area (TPSA) is 120 Å². The van der Waals surface area contributed by atoms with E-state index in [0.717, 1.165) is 5.56 Å². The lowest BCUT2D eigenvalue weighted by atomic mass is 10.2. The Labute approximate surface area is 134 Å². The molecule has 1 aromatic carbocycles. The maximum absolute atomic E-state index is 11.0. The van der Waals surface area contributed by atoms with Crippen molar-refractivity contribution >= 4 is 17.1 Å². The van der Waals surface area contributed by atoms with Gasteiger partial charge in [0.15, 0.2) is 5.58 Å². The maximum atomic E-state index is 11.0. The first-order chi connectivity index (χ1) is 11.6. The van der Waals surface area contributed by atoms with Crippen molar-refractivity contribution in [3.8, 4) is 22.8 Å². The lowest BCUT2D eigenvalue weighted by Gasteiger charge is -1.96. The van der Waals surface area contributed by atoms with Gasteiger partial charge in [0.05, 0.1) is 7.05 Å². The average molecular weight is 322 g/mol. The molecule has 3 heterocycles. The molecule has 0 saturated carbocycles. The van der Waals surface area contributed by atoms with Gasteiger partial charge in [-0.2, -0.15) is 4.80 Å². The summed E-state index contributed by atoms with van der Waals surface area (Å²) < 4.78 is 5.69. The molecule has 4 rings (SSSR count). The quantitative estimate of drug-likeness (QED) is 0.606. The summed E-state index contributed by atoms with van der Waals surface area (Å²) in [5.41, 5.74) is 2.42. The van der Waals surface area contributed by atoms with Crippen molar-refractivity contribution in [3.63, 3.8) is 0 Å². The zero-order valence-electron chi connectivity index (χ0n) is 12.4. The molecule has 118 valence electrons. The minimum Gasteiger partial charge on any atom is -0.477 e. The summed E-state index contributed by atoms with van der Waals surface area (Å²) in [5.74, 6) is -0.302. The van der Waals surface area contributed by atoms with Gasteiger partial charge >= 0.3 is 5.97 Å². The number of hydrogen-bond donors (Lipinski definition) is 1. The molecule has 9 nitrogen and oxygen atoms in total. The molecule has 0 unspecified atom stereocenters. The Kier molecular flexibility index (Phi) is 3.05. The molecule has 9 heteroatoms. The summed E-state index contributed by atoms with van der Waals surface area (Å²) in [6.07, 6.45) is 1.41. The fraction of sp³-hybridized carbons (Fsp3) is 0.0667. The first-order valence-electron chi connectivity index (χ1n) is 6.95. The fourth-order valence-corrected chi connectivity index (χ4v) is 2.27. The van der Waals surface area contributed by atoms with E-state index in [9.17, 15) is 4.79 Å². The van der Waals surface area contributed by atoms with E-state index in [-0.39, 0.29) is 5.69 Å². The highest BCUT2D eigenvalue weighted by molar-refractivity contribution is 5.87. The molecule has 0 amide bonds. The molecule has 3 aromatic heterocycles. The van der Waals surface area contributed by atoms with Gasteiger partial charge in [0.25, 0.3) is 0 Å². The number of nitrogens with zero attached hydrogens (tertiary/aromatic N) is 6. The summed E-state index contributed by atoms with van der Waals surface area (Å²) in [6.45, 7) is 0. The second-order valence-electron chi connectivity index (χ2n) is 5.04. The number of aromatic nitrogens is 6. The number of carbonyl (C=O) groups is 1. The van der Waals surface area contributed by atoms with Crippen LogP contribution in [0.3, 0.4) is 0 Å². The largest absolute Gasteiger partial charge is 0.477 e. The molecular formula is C15H10N6O3. The smallest absolute Gasteiger partial charge is 0.354 e. The van der Waals surface area contributed by atoms with Gasteiger partial charge in [-0.1, -0.05) is 0 Å². The molecular weight excluding hydrogens is 312 g/mol. The third kappa shape index (κ3) is 2.37. The molecule has 0 saturated heterocycles. The zero-order valence-corrected chi connectivity index (χ0v) is 12.4. The molecule has 0 aliphatic carbocycles. The minimum atomic E-state index is -1.11. The highest BCUT2D eigenvalue weighted by Gasteiger charge is 2.13. The van der Waals surface area contributed by atoms with E-state index in [2.05, 4.69) is 25.4 Å². The number of aryl methyl sites for hydroxylation is 1. The van der Waals surface area contributed by atoms with Crippen molar-refractivity contribution in [3.05, 3.63) is 42.2 Å². The van der Waals surface area contributed by atoms with Crippen molar-refractivity contribution in [1.82, 2.24) is 30.2 Å². The van der Waals surface area contributed by atoms with Crippen molar-refractivity contribution in [1.29, 1.82) is 0 Å². The van der Waals surface area contributed by atoms with Gasteiger partial charge in [-0.05, 0) is 35.5 Å². The Morgan fingerprint density at radius 3 is 2.83 bits per heavy atom. The number of fused-ring (bicyclic) bond motifs is 1. The number of oxazole rings is 1. The highest BCUT2D eigenvalue weighted by Crippen LogP contribution is 2.27. The number of benzene rings is 1. The zero-order chi connectivity index (χ0) is 16.7. The predicted molar refractivity (Wildman–Crippen MR) is 82.0 cm³/mol. The fourth-order valence-electron chi connectivity index (χ4n) is 2.27. The van der Waals surface area contributed by atoms with Gasteiger partial charge in [0.1, 0.15) is 11.2 Å². The number of pyridine rings is 1. The van der Waals surface area contributed by atoms with Crippen molar-refractivity contribution in [2.24, 2.45) is 7.05 Å². The van der Waals surface area contributed by atoms with Gasteiger partial charge in [0.2, 0.25) is 11.7 Å². The highest BCUT2D eigenvalue weighted by atomic mass is 16.4. The first kappa shape index (κ1) is 14.0. The number of rotatable bonds is 3. The predicted octanol–water partition coefficient (Wildman–Crippen LogP) is 1.78. The summed E-state index contributed by atoms with van der Waals surface area (Å²) >= 11 is 0. The summed E-state index contributed by atoms with van der Waals surface area (Å²) in [5, 5.41) is 20.9. The second-order valence-corrected chi connectivity index (χ2v) is 5.04. The first-order valence-corrected chi connectivity index (χ1v) is 6.95.